The van der Waals surface area contributed by atoms with Crippen LogP contribution in [-0.4, -0.2) is 18.3 Å². The van der Waals surface area contributed by atoms with Gasteiger partial charge in [0.2, 0.25) is 0 Å². The van der Waals surface area contributed by atoms with Gasteiger partial charge in [-0.15, -0.1) is 0 Å². The van der Waals surface area contributed by atoms with Gasteiger partial charge in [-0.25, -0.2) is 0 Å². The van der Waals surface area contributed by atoms with Gasteiger partial charge in [-0.1, -0.05) is 6.42 Å². The molecule has 0 spiro atoms. The third kappa shape index (κ3) is 6.13. The van der Waals surface area contributed by atoms with Gasteiger partial charge in [0.05, 0.1) is 17.7 Å². The molecule has 8 heteroatoms. The van der Waals surface area contributed by atoms with E-state index in [1.807, 2.05) is 0 Å². The summed E-state index contributed by atoms with van der Waals surface area (Å²) in [6.07, 6.45) is -7.28. The first-order chi connectivity index (χ1) is 10.1. The number of halogens is 6. The zero-order chi connectivity index (χ0) is 16.8. The summed E-state index contributed by atoms with van der Waals surface area (Å²) in [5.41, 5.74) is -2.78. The van der Waals surface area contributed by atoms with Crippen molar-refractivity contribution >= 4 is 0 Å². The van der Waals surface area contributed by atoms with Crippen molar-refractivity contribution in [3.8, 4) is 5.75 Å². The Labute approximate surface area is 123 Å². The van der Waals surface area contributed by atoms with Crippen LogP contribution in [0.1, 0.15) is 36.8 Å². The number of hydrogen-bond donors (Lipinski definition) is 1. The summed E-state index contributed by atoms with van der Waals surface area (Å²) in [4.78, 5) is 0. The third-order valence-corrected chi connectivity index (χ3v) is 2.88. The number of ether oxygens (including phenoxy) is 1. The van der Waals surface area contributed by atoms with E-state index in [2.05, 4.69) is 0 Å². The molecule has 0 amide bonds. The Morgan fingerprint density at radius 2 is 1.27 bits per heavy atom. The first-order valence-corrected chi connectivity index (χ1v) is 6.67. The van der Waals surface area contributed by atoms with E-state index in [4.69, 9.17) is 9.84 Å². The molecule has 0 fully saturated rings. The van der Waals surface area contributed by atoms with Gasteiger partial charge in [0, 0.05) is 6.61 Å². The van der Waals surface area contributed by atoms with Crippen LogP contribution in [0, 0.1) is 0 Å². The van der Waals surface area contributed by atoms with Crippen molar-refractivity contribution < 1.29 is 36.2 Å². The summed E-state index contributed by atoms with van der Waals surface area (Å²) in [6.45, 7) is 0.0630. The summed E-state index contributed by atoms with van der Waals surface area (Å²) in [5.74, 6) is -0.454. The standard InChI is InChI=1S/C14H16F6O2/c15-13(16,17)10-7-11(14(18,19)20)9-12(8-10)22-6-4-2-1-3-5-21/h7-9,21H,1-6H2. The average Bonchev–Trinajstić information content (AvgIpc) is 2.40. The van der Waals surface area contributed by atoms with Crippen molar-refractivity contribution in [2.75, 3.05) is 13.2 Å². The van der Waals surface area contributed by atoms with E-state index in [-0.39, 0.29) is 19.3 Å². The predicted octanol–water partition coefficient (Wildman–Crippen LogP) is 4.66. The Morgan fingerprint density at radius 3 is 1.73 bits per heavy atom. The van der Waals surface area contributed by atoms with Crippen molar-refractivity contribution in [1.82, 2.24) is 0 Å². The molecule has 0 radical (unpaired) electrons. The molecule has 0 unspecified atom stereocenters. The van der Waals surface area contributed by atoms with E-state index in [0.29, 0.717) is 31.4 Å². The van der Waals surface area contributed by atoms with Crippen LogP contribution in [0.5, 0.6) is 5.75 Å². The Balaban J connectivity index is 2.77. The SMILES string of the molecule is OCCCCCCOc1cc(C(F)(F)F)cc(C(F)(F)F)c1. The minimum absolute atomic E-state index is 0.0179. The van der Waals surface area contributed by atoms with E-state index in [0.717, 1.165) is 6.42 Å². The lowest BCUT2D eigenvalue weighted by Crippen LogP contribution is -2.11. The highest BCUT2D eigenvalue weighted by atomic mass is 19.4. The van der Waals surface area contributed by atoms with Gasteiger partial charge in [0.15, 0.2) is 0 Å². The smallest absolute Gasteiger partial charge is 0.416 e. The Morgan fingerprint density at radius 1 is 0.773 bits per heavy atom. The zero-order valence-corrected chi connectivity index (χ0v) is 11.6. The third-order valence-electron chi connectivity index (χ3n) is 2.88. The maximum absolute atomic E-state index is 12.6. The topological polar surface area (TPSA) is 29.5 Å². The summed E-state index contributed by atoms with van der Waals surface area (Å²) in [7, 11) is 0. The molecule has 0 saturated heterocycles. The van der Waals surface area contributed by atoms with Crippen molar-refractivity contribution in [1.29, 1.82) is 0 Å². The molecule has 22 heavy (non-hydrogen) atoms. The molecular formula is C14H16F6O2. The van der Waals surface area contributed by atoms with Crippen LogP contribution in [0.15, 0.2) is 18.2 Å². The summed E-state index contributed by atoms with van der Waals surface area (Å²) in [6, 6.07) is 1.18. The molecule has 0 aromatic heterocycles. The Bertz CT molecular complexity index is 435. The molecule has 126 valence electrons. The van der Waals surface area contributed by atoms with Gasteiger partial charge in [-0.05, 0) is 37.5 Å². The molecule has 0 heterocycles. The summed E-state index contributed by atoms with van der Waals surface area (Å²) < 4.78 is 80.7. The molecule has 0 aliphatic heterocycles. The largest absolute Gasteiger partial charge is 0.494 e. The Hall–Kier alpha value is -1.44. The molecule has 1 aromatic rings. The van der Waals surface area contributed by atoms with Crippen LogP contribution in [-0.2, 0) is 12.4 Å². The predicted molar refractivity (Wildman–Crippen MR) is 67.5 cm³/mol. The molecule has 1 aromatic carbocycles. The van der Waals surface area contributed by atoms with Gasteiger partial charge in [0.25, 0.3) is 0 Å². The molecule has 0 aliphatic rings. The van der Waals surface area contributed by atoms with Crippen LogP contribution < -0.4 is 4.74 Å². The second kappa shape index (κ2) is 7.71. The van der Waals surface area contributed by atoms with Crippen LogP contribution in [0.25, 0.3) is 0 Å². The van der Waals surface area contributed by atoms with Crippen LogP contribution in [0.3, 0.4) is 0 Å². The first kappa shape index (κ1) is 18.6. The van der Waals surface area contributed by atoms with E-state index in [1.54, 1.807) is 0 Å². The number of rotatable bonds is 7. The maximum Gasteiger partial charge on any atom is 0.416 e. The van der Waals surface area contributed by atoms with Crippen molar-refractivity contribution in [3.05, 3.63) is 29.3 Å². The number of unbranched alkanes of at least 4 members (excludes halogenated alkanes) is 3. The van der Waals surface area contributed by atoms with Crippen molar-refractivity contribution in [2.45, 2.75) is 38.0 Å². The van der Waals surface area contributed by atoms with Gasteiger partial charge in [0.1, 0.15) is 5.75 Å². The van der Waals surface area contributed by atoms with Crippen molar-refractivity contribution in [2.24, 2.45) is 0 Å². The molecule has 0 bridgehead atoms. The van der Waals surface area contributed by atoms with Crippen molar-refractivity contribution in [3.63, 3.8) is 0 Å². The molecule has 1 N–H and O–H groups in total. The van der Waals surface area contributed by atoms with Gasteiger partial charge >= 0.3 is 12.4 Å². The summed E-state index contributed by atoms with van der Waals surface area (Å²) >= 11 is 0. The van der Waals surface area contributed by atoms with Crippen LogP contribution in [0.4, 0.5) is 26.3 Å². The minimum Gasteiger partial charge on any atom is -0.494 e. The quantitative estimate of drug-likeness (QED) is 0.582. The molecule has 1 rings (SSSR count). The second-order valence-corrected chi connectivity index (χ2v) is 4.73. The summed E-state index contributed by atoms with van der Waals surface area (Å²) in [5, 5.41) is 8.57. The van der Waals surface area contributed by atoms with Gasteiger partial charge in [-0.3, -0.25) is 0 Å². The molecule has 0 aliphatic carbocycles. The Kier molecular flexibility index (Phi) is 6.52. The van der Waals surface area contributed by atoms with Crippen LogP contribution >= 0.6 is 0 Å². The fourth-order valence-corrected chi connectivity index (χ4v) is 1.77. The highest BCUT2D eigenvalue weighted by Gasteiger charge is 2.37. The molecule has 2 nitrogen and oxygen atoms in total. The fourth-order valence-electron chi connectivity index (χ4n) is 1.77. The maximum atomic E-state index is 12.6. The minimum atomic E-state index is -4.87. The van der Waals surface area contributed by atoms with E-state index >= 15 is 0 Å². The highest BCUT2D eigenvalue weighted by Crippen LogP contribution is 2.38. The number of hydrogen-bond acceptors (Lipinski definition) is 2. The highest BCUT2D eigenvalue weighted by molar-refractivity contribution is 5.37. The van der Waals surface area contributed by atoms with E-state index in [1.165, 1.54) is 0 Å². The molecule has 0 atom stereocenters. The van der Waals surface area contributed by atoms with Gasteiger partial charge in [-0.2, -0.15) is 26.3 Å². The van der Waals surface area contributed by atoms with Crippen LogP contribution in [0.2, 0.25) is 0 Å². The van der Waals surface area contributed by atoms with E-state index in [9.17, 15) is 26.3 Å². The second-order valence-electron chi connectivity index (χ2n) is 4.73. The normalized spacial score (nSPS) is 12.5. The zero-order valence-electron chi connectivity index (χ0n) is 11.6. The monoisotopic (exact) mass is 330 g/mol. The lowest BCUT2D eigenvalue weighted by molar-refractivity contribution is -0.143. The lowest BCUT2D eigenvalue weighted by atomic mass is 10.1. The number of alkyl halides is 6. The number of aliphatic hydroxyl groups is 1. The number of benzene rings is 1. The lowest BCUT2D eigenvalue weighted by Gasteiger charge is -2.14. The van der Waals surface area contributed by atoms with Gasteiger partial charge < -0.3 is 9.84 Å². The fraction of sp³-hybridized carbons (Fsp3) is 0.571. The number of aliphatic hydroxyl groups excluding tert-OH is 1. The van der Waals surface area contributed by atoms with E-state index < -0.39 is 29.2 Å². The first-order valence-electron chi connectivity index (χ1n) is 6.67. The average molecular weight is 330 g/mol. The molecular weight excluding hydrogens is 314 g/mol. The molecule has 0 saturated carbocycles.